The van der Waals surface area contributed by atoms with E-state index in [-0.39, 0.29) is 0 Å². The Kier molecular flexibility index (Phi) is 3.71. The quantitative estimate of drug-likeness (QED) is 0.813. The Labute approximate surface area is 120 Å². The fourth-order valence-electron chi connectivity index (χ4n) is 2.25. The Morgan fingerprint density at radius 1 is 0.650 bits per heavy atom. The van der Waals surface area contributed by atoms with Crippen molar-refractivity contribution in [2.45, 2.75) is 0 Å². The van der Waals surface area contributed by atoms with E-state index < -0.39 is 7.55 Å². The van der Waals surface area contributed by atoms with Gasteiger partial charge in [0.1, 0.15) is 5.71 Å². The highest BCUT2D eigenvalue weighted by atomic mass is 31.1. The topological polar surface area (TPSA) is 23.9 Å². The summed E-state index contributed by atoms with van der Waals surface area (Å²) < 4.78 is 0. The first-order valence-electron chi connectivity index (χ1n) is 6.57. The molecule has 20 heavy (non-hydrogen) atoms. The van der Waals surface area contributed by atoms with Crippen molar-refractivity contribution >= 4 is 29.2 Å². The average molecular weight is 276 g/mol. The molecule has 0 fully saturated rings. The van der Waals surface area contributed by atoms with Crippen LogP contribution in [0.3, 0.4) is 0 Å². The number of nitrogens with one attached hydrogen (secondary N) is 1. The first-order chi connectivity index (χ1) is 9.86. The predicted molar refractivity (Wildman–Crippen MR) is 90.1 cm³/mol. The summed E-state index contributed by atoms with van der Waals surface area (Å²) in [7, 11) is -0.654. The Bertz CT molecular complexity index is 668. The zero-order chi connectivity index (χ0) is 13.8. The Hall–Kier alpha value is -2.24. The average Bonchev–Trinajstić information content (AvgIpc) is 2.52. The van der Waals surface area contributed by atoms with E-state index in [1.54, 1.807) is 0 Å². The van der Waals surface area contributed by atoms with Crippen LogP contribution < -0.4 is 10.6 Å². The molecule has 1 N–H and O–H groups in total. The van der Waals surface area contributed by atoms with E-state index in [0.29, 0.717) is 5.71 Å². The van der Waals surface area contributed by atoms with Crippen molar-refractivity contribution in [3.05, 3.63) is 85.0 Å². The molecule has 0 unspecified atom stereocenters. The summed E-state index contributed by atoms with van der Waals surface area (Å²) in [5.74, 6) is 0. The smallest absolute Gasteiger partial charge is 0.180 e. The molecule has 1 aliphatic rings. The SMILES string of the molecule is N=C1C=CC=CC1=[P+](c1ccccc1)c1ccccc1. The maximum atomic E-state index is 8.22. The highest BCUT2D eigenvalue weighted by molar-refractivity contribution is 7.75. The van der Waals surface area contributed by atoms with Gasteiger partial charge in [0.2, 0.25) is 0 Å². The lowest BCUT2D eigenvalue weighted by atomic mass is 10.2. The van der Waals surface area contributed by atoms with Crippen molar-refractivity contribution in [2.24, 2.45) is 0 Å². The molecule has 1 aliphatic carbocycles. The fourth-order valence-corrected chi connectivity index (χ4v) is 4.60. The van der Waals surface area contributed by atoms with Gasteiger partial charge in [0.25, 0.3) is 0 Å². The maximum Gasteiger partial charge on any atom is 0.180 e. The third-order valence-electron chi connectivity index (χ3n) is 3.17. The summed E-state index contributed by atoms with van der Waals surface area (Å²) in [6.45, 7) is 0. The van der Waals surface area contributed by atoms with Crippen LogP contribution in [-0.2, 0) is 0 Å². The van der Waals surface area contributed by atoms with Crippen LogP contribution in [0.2, 0.25) is 0 Å². The fraction of sp³-hybridized carbons (Fsp3) is 0. The Balaban J connectivity index is 2.25. The van der Waals surface area contributed by atoms with Gasteiger partial charge in [-0.05, 0) is 36.4 Å². The summed E-state index contributed by atoms with van der Waals surface area (Å²) in [6.07, 6.45) is 7.90. The second-order valence-corrected chi connectivity index (χ2v) is 6.71. The van der Waals surface area contributed by atoms with Crippen LogP contribution in [-0.4, -0.2) is 11.0 Å². The van der Waals surface area contributed by atoms with Gasteiger partial charge < -0.3 is 0 Å². The van der Waals surface area contributed by atoms with Crippen LogP contribution in [0, 0.1) is 5.41 Å². The number of rotatable bonds is 2. The molecule has 0 aliphatic heterocycles. The van der Waals surface area contributed by atoms with Gasteiger partial charge in [0, 0.05) is 0 Å². The van der Waals surface area contributed by atoms with E-state index in [2.05, 4.69) is 54.6 Å². The van der Waals surface area contributed by atoms with Crippen LogP contribution in [0.15, 0.2) is 85.0 Å². The third-order valence-corrected chi connectivity index (χ3v) is 5.67. The molecule has 96 valence electrons. The minimum Gasteiger partial charge on any atom is -0.296 e. The second-order valence-electron chi connectivity index (χ2n) is 4.52. The number of allylic oxidation sites excluding steroid dienone is 4. The molecule has 0 bridgehead atoms. The van der Waals surface area contributed by atoms with Crippen molar-refractivity contribution in [2.75, 3.05) is 0 Å². The lowest BCUT2D eigenvalue weighted by Gasteiger charge is -2.04. The van der Waals surface area contributed by atoms with Crippen LogP contribution >= 0.6 is 7.55 Å². The summed E-state index contributed by atoms with van der Waals surface area (Å²) in [5, 5.41) is 11.9. The molecular weight excluding hydrogens is 261 g/mol. The molecule has 0 heterocycles. The van der Waals surface area contributed by atoms with Gasteiger partial charge >= 0.3 is 0 Å². The normalized spacial score (nSPS) is 13.6. The first-order valence-corrected chi connectivity index (χ1v) is 7.91. The lowest BCUT2D eigenvalue weighted by molar-refractivity contribution is 1.55. The number of hydrogen-bond acceptors (Lipinski definition) is 1. The minimum atomic E-state index is -0.654. The second kappa shape index (κ2) is 5.81. The summed E-state index contributed by atoms with van der Waals surface area (Å²) in [4.78, 5) is 0. The molecule has 0 spiro atoms. The van der Waals surface area contributed by atoms with Gasteiger partial charge in [-0.25, -0.2) is 0 Å². The Morgan fingerprint density at radius 3 is 1.65 bits per heavy atom. The van der Waals surface area contributed by atoms with Crippen molar-refractivity contribution in [3.8, 4) is 0 Å². The molecule has 3 rings (SSSR count). The van der Waals surface area contributed by atoms with Gasteiger partial charge in [-0.3, -0.25) is 5.41 Å². The van der Waals surface area contributed by atoms with E-state index in [4.69, 9.17) is 5.41 Å². The molecule has 2 aromatic rings. The third kappa shape index (κ3) is 2.54. The van der Waals surface area contributed by atoms with E-state index in [1.807, 2.05) is 30.4 Å². The first kappa shape index (κ1) is 12.8. The highest BCUT2D eigenvalue weighted by Gasteiger charge is 2.25. The van der Waals surface area contributed by atoms with E-state index in [1.165, 1.54) is 10.6 Å². The predicted octanol–water partition coefficient (Wildman–Crippen LogP) is 3.44. The van der Waals surface area contributed by atoms with Gasteiger partial charge in [0.05, 0.1) is 0 Å². The van der Waals surface area contributed by atoms with Crippen molar-refractivity contribution < 1.29 is 0 Å². The molecule has 0 saturated heterocycles. The largest absolute Gasteiger partial charge is 0.296 e. The summed E-state index contributed by atoms with van der Waals surface area (Å²) in [5.41, 5.74) is 0.617. The summed E-state index contributed by atoms with van der Waals surface area (Å²) >= 11 is 0. The summed E-state index contributed by atoms with van der Waals surface area (Å²) in [6, 6.07) is 21.0. The number of benzene rings is 2. The molecular formula is C18H15NP+. The monoisotopic (exact) mass is 276 g/mol. The minimum absolute atomic E-state index is 0.617. The van der Waals surface area contributed by atoms with Gasteiger partial charge in [-0.1, -0.05) is 48.6 Å². The Morgan fingerprint density at radius 2 is 1.15 bits per heavy atom. The zero-order valence-electron chi connectivity index (χ0n) is 11.0. The molecule has 2 heteroatoms. The van der Waals surface area contributed by atoms with Crippen molar-refractivity contribution in [1.29, 1.82) is 5.41 Å². The molecule has 0 aromatic heterocycles. The van der Waals surface area contributed by atoms with Crippen LogP contribution in [0.4, 0.5) is 0 Å². The van der Waals surface area contributed by atoms with Crippen molar-refractivity contribution in [1.82, 2.24) is 0 Å². The molecule has 0 atom stereocenters. The molecule has 2 aromatic carbocycles. The number of hydrogen-bond donors (Lipinski definition) is 1. The van der Waals surface area contributed by atoms with E-state index in [9.17, 15) is 0 Å². The standard InChI is InChI=1S/C18H15NP/c19-17-13-7-8-14-18(17)20(15-9-3-1-4-10-15)16-11-5-2-6-12-16/h1-14,19H/q+1. The molecule has 0 amide bonds. The molecule has 1 nitrogen and oxygen atoms in total. The van der Waals surface area contributed by atoms with Gasteiger partial charge in [0.15, 0.2) is 23.4 Å². The van der Waals surface area contributed by atoms with E-state index in [0.717, 1.165) is 5.29 Å². The van der Waals surface area contributed by atoms with Crippen molar-refractivity contribution in [3.63, 3.8) is 0 Å². The van der Waals surface area contributed by atoms with Crippen LogP contribution in [0.25, 0.3) is 0 Å². The molecule has 0 radical (unpaired) electrons. The maximum absolute atomic E-state index is 8.22. The van der Waals surface area contributed by atoms with Crippen LogP contribution in [0.5, 0.6) is 0 Å². The lowest BCUT2D eigenvalue weighted by Crippen LogP contribution is -2.18. The van der Waals surface area contributed by atoms with E-state index >= 15 is 0 Å². The van der Waals surface area contributed by atoms with Crippen LogP contribution in [0.1, 0.15) is 0 Å². The zero-order valence-corrected chi connectivity index (χ0v) is 11.9. The van der Waals surface area contributed by atoms with Gasteiger partial charge in [-0.2, -0.15) is 0 Å². The van der Waals surface area contributed by atoms with Gasteiger partial charge in [-0.15, -0.1) is 0 Å². The molecule has 0 saturated carbocycles. The highest BCUT2D eigenvalue weighted by Crippen LogP contribution is 2.26.